The van der Waals surface area contributed by atoms with E-state index in [0.717, 1.165) is 11.1 Å². The number of nitrogens with two attached hydrogens (primary N) is 2. The topological polar surface area (TPSA) is 66.5 Å². The lowest BCUT2D eigenvalue weighted by Gasteiger charge is -2.10. The van der Waals surface area contributed by atoms with Crippen LogP contribution in [-0.2, 0) is 0 Å². The summed E-state index contributed by atoms with van der Waals surface area (Å²) in [5.41, 5.74) is 7.95. The fraction of sp³-hybridized carbons (Fsp3) is 0.0714. The van der Waals surface area contributed by atoms with Gasteiger partial charge in [0.2, 0.25) is 5.84 Å². The molecule has 86 valence electrons. The Balaban J connectivity index is 2.05. The number of benzene rings is 2. The van der Waals surface area contributed by atoms with Crippen molar-refractivity contribution in [1.82, 2.24) is 0 Å². The Morgan fingerprint density at radius 2 is 1.47 bits per heavy atom. The van der Waals surface area contributed by atoms with Gasteiger partial charge in [-0.2, -0.15) is 0 Å². The van der Waals surface area contributed by atoms with Gasteiger partial charge in [0.15, 0.2) is 6.17 Å². The van der Waals surface area contributed by atoms with Crippen LogP contribution in [0.2, 0.25) is 0 Å². The van der Waals surface area contributed by atoms with Crippen molar-refractivity contribution in [1.29, 1.82) is 5.41 Å². The molecule has 2 rings (SSSR count). The van der Waals surface area contributed by atoms with Gasteiger partial charge in [-0.05, 0) is 12.1 Å². The SMILES string of the molecule is N=C([NH2+]C(N)c1ccccc1)c1ccccc1. The van der Waals surface area contributed by atoms with E-state index < -0.39 is 0 Å². The number of nitrogen functional groups attached to an aromatic ring is 1. The molecule has 0 radical (unpaired) electrons. The molecule has 0 saturated carbocycles. The molecule has 0 saturated heterocycles. The first-order valence-electron chi connectivity index (χ1n) is 5.57. The summed E-state index contributed by atoms with van der Waals surface area (Å²) in [5, 5.41) is 9.74. The van der Waals surface area contributed by atoms with Crippen molar-refractivity contribution >= 4 is 5.84 Å². The zero-order valence-electron chi connectivity index (χ0n) is 9.51. The third-order valence-corrected chi connectivity index (χ3v) is 2.62. The van der Waals surface area contributed by atoms with Crippen molar-refractivity contribution in [3.05, 3.63) is 71.8 Å². The van der Waals surface area contributed by atoms with Crippen LogP contribution >= 0.6 is 0 Å². The van der Waals surface area contributed by atoms with Gasteiger partial charge < -0.3 is 0 Å². The molecule has 3 heteroatoms. The summed E-state index contributed by atoms with van der Waals surface area (Å²) in [6.07, 6.45) is -0.232. The Bertz CT molecular complexity index is 479. The van der Waals surface area contributed by atoms with E-state index in [1.54, 1.807) is 5.32 Å². The van der Waals surface area contributed by atoms with Crippen molar-refractivity contribution in [2.45, 2.75) is 6.17 Å². The molecule has 0 aromatic heterocycles. The van der Waals surface area contributed by atoms with Gasteiger partial charge in [0.1, 0.15) is 0 Å². The molecule has 3 nitrogen and oxygen atoms in total. The summed E-state index contributed by atoms with van der Waals surface area (Å²) >= 11 is 0. The number of nitrogens with one attached hydrogen (secondary N) is 1. The van der Waals surface area contributed by atoms with Crippen molar-refractivity contribution in [3.63, 3.8) is 0 Å². The molecule has 0 bridgehead atoms. The van der Waals surface area contributed by atoms with Crippen LogP contribution < -0.4 is 11.1 Å². The molecular weight excluding hydrogens is 210 g/mol. The van der Waals surface area contributed by atoms with Gasteiger partial charge in [-0.25, -0.2) is 0 Å². The number of amidine groups is 1. The number of rotatable bonds is 3. The zero-order chi connectivity index (χ0) is 12.1. The molecule has 0 fully saturated rings. The highest BCUT2D eigenvalue weighted by molar-refractivity contribution is 5.88. The number of hydrogen-bond donors (Lipinski definition) is 3. The normalized spacial score (nSPS) is 12.1. The highest BCUT2D eigenvalue weighted by atomic mass is 15.1. The van der Waals surface area contributed by atoms with E-state index in [-0.39, 0.29) is 6.17 Å². The second-order valence-corrected chi connectivity index (χ2v) is 3.88. The molecule has 17 heavy (non-hydrogen) atoms. The molecule has 0 aliphatic rings. The maximum atomic E-state index is 7.97. The minimum absolute atomic E-state index is 0.232. The molecule has 1 atom stereocenters. The minimum Gasteiger partial charge on any atom is -0.279 e. The van der Waals surface area contributed by atoms with Crippen molar-refractivity contribution in [2.75, 3.05) is 0 Å². The molecule has 2 aromatic rings. The van der Waals surface area contributed by atoms with Gasteiger partial charge in [-0.1, -0.05) is 48.5 Å². The molecule has 0 aliphatic heterocycles. The molecule has 2 aromatic carbocycles. The van der Waals surface area contributed by atoms with E-state index in [0.29, 0.717) is 5.84 Å². The van der Waals surface area contributed by atoms with Gasteiger partial charge in [-0.15, -0.1) is 0 Å². The highest BCUT2D eigenvalue weighted by Crippen LogP contribution is 2.03. The van der Waals surface area contributed by atoms with Gasteiger partial charge in [0.25, 0.3) is 0 Å². The van der Waals surface area contributed by atoms with Gasteiger partial charge >= 0.3 is 0 Å². The highest BCUT2D eigenvalue weighted by Gasteiger charge is 2.12. The van der Waals surface area contributed by atoms with Gasteiger partial charge in [0, 0.05) is 5.56 Å². The van der Waals surface area contributed by atoms with Crippen molar-refractivity contribution < 1.29 is 5.32 Å². The van der Waals surface area contributed by atoms with Crippen LogP contribution in [0, 0.1) is 5.41 Å². The standard InChI is InChI=1S/C14H15N3/c15-13(11-7-3-1-4-8-11)17-14(16)12-9-5-2-6-10-12/h1-10,13H,15H2,(H2,16,17)/p+1. The lowest BCUT2D eigenvalue weighted by molar-refractivity contribution is -0.587. The molecule has 0 amide bonds. The molecule has 1 unspecified atom stereocenters. The van der Waals surface area contributed by atoms with Gasteiger partial charge in [0.05, 0.1) is 5.56 Å². The van der Waals surface area contributed by atoms with Crippen LogP contribution in [0.5, 0.6) is 0 Å². The lowest BCUT2D eigenvalue weighted by Crippen LogP contribution is -2.91. The molecule has 0 aliphatic carbocycles. The fourth-order valence-corrected chi connectivity index (χ4v) is 1.66. The third kappa shape index (κ3) is 3.00. The third-order valence-electron chi connectivity index (χ3n) is 2.62. The number of hydrogen-bond acceptors (Lipinski definition) is 2. The van der Waals surface area contributed by atoms with E-state index >= 15 is 0 Å². The van der Waals surface area contributed by atoms with E-state index in [9.17, 15) is 0 Å². The Labute approximate surface area is 101 Å². The summed E-state index contributed by atoms with van der Waals surface area (Å²) < 4.78 is 0. The smallest absolute Gasteiger partial charge is 0.225 e. The number of quaternary nitrogens is 1. The first kappa shape index (κ1) is 11.5. The summed E-state index contributed by atoms with van der Waals surface area (Å²) in [7, 11) is 0. The van der Waals surface area contributed by atoms with E-state index in [1.165, 1.54) is 0 Å². The maximum absolute atomic E-state index is 7.97. The van der Waals surface area contributed by atoms with Crippen LogP contribution in [0.1, 0.15) is 17.3 Å². The molecule has 0 heterocycles. The monoisotopic (exact) mass is 226 g/mol. The Kier molecular flexibility index (Phi) is 3.65. The van der Waals surface area contributed by atoms with Crippen LogP contribution in [0.4, 0.5) is 0 Å². The summed E-state index contributed by atoms with van der Waals surface area (Å²) in [6, 6.07) is 19.4. The first-order chi connectivity index (χ1) is 8.27. The largest absolute Gasteiger partial charge is 0.279 e. The summed E-state index contributed by atoms with van der Waals surface area (Å²) in [4.78, 5) is 0. The second-order valence-electron chi connectivity index (χ2n) is 3.88. The zero-order valence-corrected chi connectivity index (χ0v) is 9.51. The Morgan fingerprint density at radius 3 is 2.06 bits per heavy atom. The van der Waals surface area contributed by atoms with Crippen LogP contribution in [0.25, 0.3) is 0 Å². The van der Waals surface area contributed by atoms with Crippen LogP contribution in [-0.4, -0.2) is 5.84 Å². The lowest BCUT2D eigenvalue weighted by atomic mass is 10.1. The van der Waals surface area contributed by atoms with E-state index in [4.69, 9.17) is 11.1 Å². The fourth-order valence-electron chi connectivity index (χ4n) is 1.66. The summed E-state index contributed by atoms with van der Waals surface area (Å²) in [5.74, 6) is 0.460. The van der Waals surface area contributed by atoms with Crippen molar-refractivity contribution in [3.8, 4) is 0 Å². The molecular formula is C14H16N3+. The predicted molar refractivity (Wildman–Crippen MR) is 68.6 cm³/mol. The average Bonchev–Trinajstić information content (AvgIpc) is 2.40. The first-order valence-corrected chi connectivity index (χ1v) is 5.57. The molecule has 5 N–H and O–H groups in total. The quantitative estimate of drug-likeness (QED) is 0.411. The summed E-state index contributed by atoms with van der Waals surface area (Å²) in [6.45, 7) is 0. The second kappa shape index (κ2) is 5.39. The van der Waals surface area contributed by atoms with E-state index in [1.807, 2.05) is 60.7 Å². The van der Waals surface area contributed by atoms with Crippen LogP contribution in [0.3, 0.4) is 0 Å². The van der Waals surface area contributed by atoms with Gasteiger partial charge in [-0.3, -0.25) is 16.5 Å². The van der Waals surface area contributed by atoms with Crippen molar-refractivity contribution in [2.24, 2.45) is 5.73 Å². The predicted octanol–water partition coefficient (Wildman–Crippen LogP) is 1.23. The Hall–Kier alpha value is -1.97. The molecule has 0 spiro atoms. The van der Waals surface area contributed by atoms with Crippen LogP contribution in [0.15, 0.2) is 60.7 Å². The maximum Gasteiger partial charge on any atom is 0.225 e. The average molecular weight is 226 g/mol. The minimum atomic E-state index is -0.232. The Morgan fingerprint density at radius 1 is 0.941 bits per heavy atom. The van der Waals surface area contributed by atoms with E-state index in [2.05, 4.69) is 0 Å².